The highest BCUT2D eigenvalue weighted by molar-refractivity contribution is 7.91. The predicted octanol–water partition coefficient (Wildman–Crippen LogP) is 0.661. The average Bonchev–Trinajstić information content (AvgIpc) is 1.97. The van der Waals surface area contributed by atoms with Crippen LogP contribution in [0.25, 0.3) is 0 Å². The van der Waals surface area contributed by atoms with Gasteiger partial charge < -0.3 is 4.90 Å². The highest BCUT2D eigenvalue weighted by Gasteiger charge is 2.33. The standard InChI is InChI=1S/C7H11ClF3NO3S/c1-16(14,15)4-6(13)12(3-2-8)5-7(9,10)11/h2-5H2,1H3. The Morgan fingerprint density at radius 1 is 1.38 bits per heavy atom. The van der Waals surface area contributed by atoms with Crippen molar-refractivity contribution in [1.82, 2.24) is 4.90 Å². The second kappa shape index (κ2) is 5.72. The minimum absolute atomic E-state index is 0.189. The molecular formula is C7H11ClF3NO3S. The molecular weight excluding hydrogens is 271 g/mol. The normalized spacial score (nSPS) is 12.6. The molecule has 0 bridgehead atoms. The zero-order valence-corrected chi connectivity index (χ0v) is 9.99. The number of hydrogen-bond acceptors (Lipinski definition) is 3. The van der Waals surface area contributed by atoms with Crippen molar-refractivity contribution < 1.29 is 26.4 Å². The van der Waals surface area contributed by atoms with Gasteiger partial charge in [-0.25, -0.2) is 8.42 Å². The van der Waals surface area contributed by atoms with E-state index in [0.29, 0.717) is 4.90 Å². The Kier molecular flexibility index (Phi) is 5.54. The van der Waals surface area contributed by atoms with Crippen molar-refractivity contribution >= 4 is 27.3 Å². The van der Waals surface area contributed by atoms with Crippen LogP contribution in [0.4, 0.5) is 13.2 Å². The van der Waals surface area contributed by atoms with Crippen molar-refractivity contribution in [3.05, 3.63) is 0 Å². The molecule has 0 saturated carbocycles. The van der Waals surface area contributed by atoms with E-state index in [9.17, 15) is 26.4 Å². The van der Waals surface area contributed by atoms with E-state index >= 15 is 0 Å². The van der Waals surface area contributed by atoms with E-state index < -0.39 is 34.2 Å². The largest absolute Gasteiger partial charge is 0.406 e. The van der Waals surface area contributed by atoms with Gasteiger partial charge in [0.1, 0.15) is 12.3 Å². The van der Waals surface area contributed by atoms with Crippen LogP contribution >= 0.6 is 11.6 Å². The first-order valence-corrected chi connectivity index (χ1v) is 6.73. The third-order valence-corrected chi connectivity index (χ3v) is 2.40. The molecule has 0 atom stereocenters. The number of alkyl halides is 4. The molecule has 0 spiro atoms. The molecule has 0 aliphatic rings. The summed E-state index contributed by atoms with van der Waals surface area (Å²) < 4.78 is 57.6. The molecule has 0 aromatic heterocycles. The van der Waals surface area contributed by atoms with Crippen LogP contribution in [0, 0.1) is 0 Å². The van der Waals surface area contributed by atoms with Crippen LogP contribution in [0.5, 0.6) is 0 Å². The first-order chi connectivity index (χ1) is 7.05. The van der Waals surface area contributed by atoms with Gasteiger partial charge in [0.05, 0.1) is 0 Å². The number of rotatable bonds is 5. The second-order valence-corrected chi connectivity index (χ2v) is 5.71. The van der Waals surface area contributed by atoms with E-state index in [1.165, 1.54) is 0 Å². The Hall–Kier alpha value is -0.500. The molecule has 0 aliphatic heterocycles. The zero-order valence-electron chi connectivity index (χ0n) is 8.42. The molecule has 9 heteroatoms. The third-order valence-electron chi connectivity index (χ3n) is 1.46. The lowest BCUT2D eigenvalue weighted by molar-refractivity contribution is -0.159. The Morgan fingerprint density at radius 3 is 2.19 bits per heavy atom. The molecule has 0 aromatic carbocycles. The van der Waals surface area contributed by atoms with Crippen LogP contribution in [-0.4, -0.2) is 56.4 Å². The molecule has 0 aromatic rings. The number of nitrogens with zero attached hydrogens (tertiary/aromatic N) is 1. The van der Waals surface area contributed by atoms with Crippen molar-refractivity contribution in [3.8, 4) is 0 Å². The fourth-order valence-electron chi connectivity index (χ4n) is 0.926. The van der Waals surface area contributed by atoms with Gasteiger partial charge in [0.25, 0.3) is 0 Å². The lowest BCUT2D eigenvalue weighted by Gasteiger charge is -2.22. The van der Waals surface area contributed by atoms with Gasteiger partial charge >= 0.3 is 6.18 Å². The van der Waals surface area contributed by atoms with E-state index in [1.54, 1.807) is 0 Å². The summed E-state index contributed by atoms with van der Waals surface area (Å²) >= 11 is 5.23. The molecule has 0 heterocycles. The summed E-state index contributed by atoms with van der Waals surface area (Å²) in [5.41, 5.74) is 0. The summed E-state index contributed by atoms with van der Waals surface area (Å²) in [5.74, 6) is -2.23. The molecule has 0 saturated heterocycles. The highest BCUT2D eigenvalue weighted by Crippen LogP contribution is 2.16. The number of amides is 1. The fraction of sp³-hybridized carbons (Fsp3) is 0.857. The van der Waals surface area contributed by atoms with Crippen molar-refractivity contribution in [1.29, 1.82) is 0 Å². The maximum absolute atomic E-state index is 12.0. The summed E-state index contributed by atoms with van der Waals surface area (Å²) in [6, 6.07) is 0. The number of carbonyl (C=O) groups excluding carboxylic acids is 1. The second-order valence-electron chi connectivity index (χ2n) is 3.19. The predicted molar refractivity (Wildman–Crippen MR) is 53.1 cm³/mol. The van der Waals surface area contributed by atoms with Gasteiger partial charge in [-0.2, -0.15) is 13.2 Å². The van der Waals surface area contributed by atoms with E-state index in [1.807, 2.05) is 0 Å². The maximum Gasteiger partial charge on any atom is 0.406 e. The van der Waals surface area contributed by atoms with Gasteiger partial charge in [-0.05, 0) is 0 Å². The molecule has 4 nitrogen and oxygen atoms in total. The minimum Gasteiger partial charge on any atom is -0.332 e. The Bertz CT molecular complexity index is 341. The van der Waals surface area contributed by atoms with Gasteiger partial charge in [-0.15, -0.1) is 11.6 Å². The first kappa shape index (κ1) is 15.5. The van der Waals surface area contributed by atoms with Crippen molar-refractivity contribution in [2.75, 3.05) is 31.0 Å². The Morgan fingerprint density at radius 2 is 1.88 bits per heavy atom. The van der Waals surface area contributed by atoms with E-state index in [-0.39, 0.29) is 12.4 Å². The maximum atomic E-state index is 12.0. The van der Waals surface area contributed by atoms with E-state index in [2.05, 4.69) is 0 Å². The average molecular weight is 282 g/mol. The van der Waals surface area contributed by atoms with E-state index in [4.69, 9.17) is 11.6 Å². The van der Waals surface area contributed by atoms with Crippen molar-refractivity contribution in [2.45, 2.75) is 6.18 Å². The van der Waals surface area contributed by atoms with Crippen LogP contribution in [0.3, 0.4) is 0 Å². The Balaban J connectivity index is 4.60. The van der Waals surface area contributed by atoms with Crippen LogP contribution in [0.2, 0.25) is 0 Å². The van der Waals surface area contributed by atoms with Crippen LogP contribution in [0.15, 0.2) is 0 Å². The molecule has 0 fully saturated rings. The zero-order chi connectivity index (χ0) is 13.0. The molecule has 16 heavy (non-hydrogen) atoms. The monoisotopic (exact) mass is 281 g/mol. The fourth-order valence-corrected chi connectivity index (χ4v) is 1.76. The van der Waals surface area contributed by atoms with Crippen LogP contribution < -0.4 is 0 Å². The van der Waals surface area contributed by atoms with Crippen molar-refractivity contribution in [2.24, 2.45) is 0 Å². The molecule has 0 radical (unpaired) electrons. The summed E-state index contributed by atoms with van der Waals surface area (Å²) in [6.07, 6.45) is -3.80. The lowest BCUT2D eigenvalue weighted by Crippen LogP contribution is -2.42. The molecule has 0 aliphatic carbocycles. The number of halogens is 4. The van der Waals surface area contributed by atoms with E-state index in [0.717, 1.165) is 6.26 Å². The number of hydrogen-bond donors (Lipinski definition) is 0. The summed E-state index contributed by atoms with van der Waals surface area (Å²) in [4.78, 5) is 11.6. The molecule has 0 rings (SSSR count). The Labute approximate surface area is 96.3 Å². The lowest BCUT2D eigenvalue weighted by atomic mass is 10.4. The SMILES string of the molecule is CS(=O)(=O)CC(=O)N(CCCl)CC(F)(F)F. The van der Waals surface area contributed by atoms with Gasteiger partial charge in [0.15, 0.2) is 9.84 Å². The third kappa shape index (κ3) is 7.75. The summed E-state index contributed by atoms with van der Waals surface area (Å²) in [7, 11) is -3.64. The molecule has 0 unspecified atom stereocenters. The molecule has 1 amide bonds. The van der Waals surface area contributed by atoms with Gasteiger partial charge in [-0.3, -0.25) is 4.79 Å². The molecule has 0 N–H and O–H groups in total. The summed E-state index contributed by atoms with van der Waals surface area (Å²) in [6.45, 7) is -1.83. The van der Waals surface area contributed by atoms with Gasteiger partial charge in [-0.1, -0.05) is 0 Å². The van der Waals surface area contributed by atoms with Crippen molar-refractivity contribution in [3.63, 3.8) is 0 Å². The van der Waals surface area contributed by atoms with Crippen LogP contribution in [0.1, 0.15) is 0 Å². The number of carbonyl (C=O) groups is 1. The molecule has 96 valence electrons. The van der Waals surface area contributed by atoms with Crippen LogP contribution in [-0.2, 0) is 14.6 Å². The minimum atomic E-state index is -4.57. The van der Waals surface area contributed by atoms with Gasteiger partial charge in [0.2, 0.25) is 5.91 Å². The quantitative estimate of drug-likeness (QED) is 0.696. The number of sulfone groups is 1. The smallest absolute Gasteiger partial charge is 0.332 e. The first-order valence-electron chi connectivity index (χ1n) is 4.13. The summed E-state index contributed by atoms with van der Waals surface area (Å²) in [5, 5.41) is 0. The highest BCUT2D eigenvalue weighted by atomic mass is 35.5. The topological polar surface area (TPSA) is 54.5 Å². The van der Waals surface area contributed by atoms with Gasteiger partial charge in [0, 0.05) is 18.7 Å².